The lowest BCUT2D eigenvalue weighted by atomic mass is 10.2. The van der Waals surface area contributed by atoms with Gasteiger partial charge in [-0.1, -0.05) is 44.6 Å². The summed E-state index contributed by atoms with van der Waals surface area (Å²) in [4.78, 5) is 0. The third kappa shape index (κ3) is 7.55. The summed E-state index contributed by atoms with van der Waals surface area (Å²) in [5.41, 5.74) is 0. The van der Waals surface area contributed by atoms with Crippen molar-refractivity contribution in [3.63, 3.8) is 0 Å². The molecule has 0 bridgehead atoms. The Balaban J connectivity index is 3.44. The van der Waals surface area contributed by atoms with Gasteiger partial charge in [0, 0.05) is 0 Å². The molecule has 0 aromatic carbocycles. The lowest BCUT2D eigenvalue weighted by molar-refractivity contribution is 0.226. The summed E-state index contributed by atoms with van der Waals surface area (Å²) in [5, 5.41) is 9.36. The van der Waals surface area contributed by atoms with Crippen LogP contribution >= 0.6 is 0 Å². The lowest BCUT2D eigenvalue weighted by Crippen LogP contribution is -1.98. The molecule has 1 atom stereocenters. The van der Waals surface area contributed by atoms with Gasteiger partial charge < -0.3 is 5.11 Å². The highest BCUT2D eigenvalue weighted by molar-refractivity contribution is 4.93. The maximum atomic E-state index is 9.36. The minimum Gasteiger partial charge on any atom is -0.389 e. The van der Waals surface area contributed by atoms with Crippen LogP contribution < -0.4 is 0 Å². The molecule has 0 radical (unpaired) electrons. The van der Waals surface area contributed by atoms with Gasteiger partial charge in [-0.05, 0) is 19.3 Å². The third-order valence-electron chi connectivity index (χ3n) is 1.59. The largest absolute Gasteiger partial charge is 0.389 e. The van der Waals surface area contributed by atoms with Crippen LogP contribution in [0.15, 0.2) is 24.3 Å². The molecule has 0 aliphatic carbocycles. The zero-order chi connectivity index (χ0) is 9.23. The molecule has 0 fully saturated rings. The lowest BCUT2D eigenvalue weighted by Gasteiger charge is -1.99. The van der Waals surface area contributed by atoms with Crippen molar-refractivity contribution < 1.29 is 5.11 Å². The van der Waals surface area contributed by atoms with Crippen LogP contribution in [0.4, 0.5) is 0 Å². The van der Waals surface area contributed by atoms with Crippen LogP contribution in [0.1, 0.15) is 39.5 Å². The zero-order valence-corrected chi connectivity index (χ0v) is 8.16. The van der Waals surface area contributed by atoms with Crippen molar-refractivity contribution >= 4 is 0 Å². The third-order valence-corrected chi connectivity index (χ3v) is 1.59. The predicted molar refractivity (Wildman–Crippen MR) is 54.1 cm³/mol. The topological polar surface area (TPSA) is 20.2 Å². The number of allylic oxidation sites excluding steroid dienone is 2. The summed E-state index contributed by atoms with van der Waals surface area (Å²) in [7, 11) is 0. The van der Waals surface area contributed by atoms with Crippen molar-refractivity contribution in [2.75, 3.05) is 0 Å². The van der Waals surface area contributed by atoms with Crippen LogP contribution in [-0.4, -0.2) is 11.2 Å². The standard InChI is InChI=1S/C11H20O/c1-3-5-7-9-11(12)10-8-6-4-2/h5,7-8,10-12H,3-4,6,9H2,1-2H3. The molecule has 1 N–H and O–H groups in total. The first-order valence-electron chi connectivity index (χ1n) is 4.81. The number of aliphatic hydroxyl groups is 1. The van der Waals surface area contributed by atoms with Crippen molar-refractivity contribution in [1.29, 1.82) is 0 Å². The number of rotatable bonds is 6. The molecular weight excluding hydrogens is 148 g/mol. The van der Waals surface area contributed by atoms with Crippen LogP contribution in [0.25, 0.3) is 0 Å². The molecule has 0 aliphatic heterocycles. The normalized spacial score (nSPS) is 14.6. The first kappa shape index (κ1) is 11.4. The number of aliphatic hydroxyl groups excluding tert-OH is 1. The second-order valence-corrected chi connectivity index (χ2v) is 2.90. The van der Waals surface area contributed by atoms with Crippen LogP contribution in [0.2, 0.25) is 0 Å². The molecule has 1 heteroatoms. The van der Waals surface area contributed by atoms with Gasteiger partial charge in [-0.25, -0.2) is 0 Å². The van der Waals surface area contributed by atoms with E-state index < -0.39 is 0 Å². The van der Waals surface area contributed by atoms with Crippen molar-refractivity contribution in [3.8, 4) is 0 Å². The molecule has 1 nitrogen and oxygen atoms in total. The fraction of sp³-hybridized carbons (Fsp3) is 0.636. The van der Waals surface area contributed by atoms with Gasteiger partial charge in [0.2, 0.25) is 0 Å². The van der Waals surface area contributed by atoms with E-state index in [4.69, 9.17) is 0 Å². The Morgan fingerprint density at radius 2 is 1.92 bits per heavy atom. The highest BCUT2D eigenvalue weighted by atomic mass is 16.3. The summed E-state index contributed by atoms with van der Waals surface area (Å²) < 4.78 is 0. The van der Waals surface area contributed by atoms with E-state index >= 15 is 0 Å². The molecule has 12 heavy (non-hydrogen) atoms. The van der Waals surface area contributed by atoms with E-state index in [1.165, 1.54) is 0 Å². The monoisotopic (exact) mass is 168 g/mol. The molecule has 0 aliphatic rings. The molecule has 0 aromatic rings. The number of hydrogen-bond acceptors (Lipinski definition) is 1. The van der Waals surface area contributed by atoms with E-state index in [0.29, 0.717) is 0 Å². The van der Waals surface area contributed by atoms with Crippen LogP contribution in [0.5, 0.6) is 0 Å². The van der Waals surface area contributed by atoms with Crippen LogP contribution in [0.3, 0.4) is 0 Å². The molecule has 1 unspecified atom stereocenters. The van der Waals surface area contributed by atoms with Gasteiger partial charge in [0.1, 0.15) is 0 Å². The Hall–Kier alpha value is -0.560. The Morgan fingerprint density at radius 3 is 2.50 bits per heavy atom. The summed E-state index contributed by atoms with van der Waals surface area (Å²) in [6.45, 7) is 4.23. The minimum atomic E-state index is -0.292. The maximum Gasteiger partial charge on any atom is 0.0755 e. The molecule has 0 heterocycles. The smallest absolute Gasteiger partial charge is 0.0755 e. The quantitative estimate of drug-likeness (QED) is 0.604. The summed E-state index contributed by atoms with van der Waals surface area (Å²) in [5.74, 6) is 0. The average molecular weight is 168 g/mol. The minimum absolute atomic E-state index is 0.292. The summed E-state index contributed by atoms with van der Waals surface area (Å²) >= 11 is 0. The maximum absolute atomic E-state index is 9.36. The van der Waals surface area contributed by atoms with Gasteiger partial charge in [0.25, 0.3) is 0 Å². The highest BCUT2D eigenvalue weighted by Gasteiger charge is 1.92. The average Bonchev–Trinajstić information content (AvgIpc) is 2.06. The first-order valence-corrected chi connectivity index (χ1v) is 4.81. The van der Waals surface area contributed by atoms with Crippen molar-refractivity contribution in [1.82, 2.24) is 0 Å². The van der Waals surface area contributed by atoms with Gasteiger partial charge >= 0.3 is 0 Å². The van der Waals surface area contributed by atoms with E-state index in [9.17, 15) is 5.11 Å². The molecule has 0 saturated carbocycles. The van der Waals surface area contributed by atoms with Gasteiger partial charge in [0.05, 0.1) is 6.10 Å². The number of hydrogen-bond donors (Lipinski definition) is 1. The van der Waals surface area contributed by atoms with E-state index in [0.717, 1.165) is 25.7 Å². The molecule has 0 aromatic heterocycles. The van der Waals surface area contributed by atoms with E-state index in [1.54, 1.807) is 0 Å². The van der Waals surface area contributed by atoms with E-state index in [-0.39, 0.29) is 6.10 Å². The highest BCUT2D eigenvalue weighted by Crippen LogP contribution is 1.98. The van der Waals surface area contributed by atoms with Gasteiger partial charge in [0.15, 0.2) is 0 Å². The SMILES string of the molecule is CCC=CCC(O)C=CCCC. The van der Waals surface area contributed by atoms with Crippen LogP contribution in [-0.2, 0) is 0 Å². The fourth-order valence-electron chi connectivity index (χ4n) is 0.901. The molecule has 0 amide bonds. The van der Waals surface area contributed by atoms with Gasteiger partial charge in [-0.2, -0.15) is 0 Å². The molecule has 70 valence electrons. The van der Waals surface area contributed by atoms with Gasteiger partial charge in [-0.3, -0.25) is 0 Å². The van der Waals surface area contributed by atoms with Crippen molar-refractivity contribution in [2.24, 2.45) is 0 Å². The Kier molecular flexibility index (Phi) is 8.14. The predicted octanol–water partition coefficient (Wildman–Crippen LogP) is 3.06. The molecule has 0 saturated heterocycles. The molecule has 0 spiro atoms. The molecule has 0 rings (SSSR count). The second-order valence-electron chi connectivity index (χ2n) is 2.90. The Bertz CT molecular complexity index is 136. The van der Waals surface area contributed by atoms with E-state index in [2.05, 4.69) is 19.9 Å². The first-order chi connectivity index (χ1) is 5.81. The number of unbranched alkanes of at least 4 members (excludes halogenated alkanes) is 1. The van der Waals surface area contributed by atoms with Gasteiger partial charge in [-0.15, -0.1) is 0 Å². The Morgan fingerprint density at radius 1 is 1.17 bits per heavy atom. The fourth-order valence-corrected chi connectivity index (χ4v) is 0.901. The summed E-state index contributed by atoms with van der Waals surface area (Å²) in [6.07, 6.45) is 11.7. The van der Waals surface area contributed by atoms with Crippen molar-refractivity contribution in [3.05, 3.63) is 24.3 Å². The second kappa shape index (κ2) is 8.54. The summed E-state index contributed by atoms with van der Waals surface area (Å²) in [6, 6.07) is 0. The molecular formula is C11H20O. The van der Waals surface area contributed by atoms with Crippen LogP contribution in [0, 0.1) is 0 Å². The Labute approximate surface area is 75.8 Å². The van der Waals surface area contributed by atoms with E-state index in [1.807, 2.05) is 18.2 Å². The van der Waals surface area contributed by atoms with Crippen molar-refractivity contribution in [2.45, 2.75) is 45.6 Å². The zero-order valence-electron chi connectivity index (χ0n) is 8.16.